The monoisotopic (exact) mass is 280 g/mol. The Morgan fingerprint density at radius 2 is 1.80 bits per heavy atom. The second-order valence-electron chi connectivity index (χ2n) is 5.51. The fourth-order valence-electron chi connectivity index (χ4n) is 2.83. The summed E-state index contributed by atoms with van der Waals surface area (Å²) in [4.78, 5) is 14.5. The van der Waals surface area contributed by atoms with Crippen molar-refractivity contribution in [1.82, 2.24) is 9.47 Å². The second kappa shape index (κ2) is 6.08. The molecule has 0 amide bonds. The van der Waals surface area contributed by atoms with Crippen LogP contribution in [0.2, 0.25) is 0 Å². The molecule has 1 aliphatic heterocycles. The van der Waals surface area contributed by atoms with Gasteiger partial charge in [-0.3, -0.25) is 9.69 Å². The zero-order valence-corrected chi connectivity index (χ0v) is 13.0. The molecule has 1 fully saturated rings. The molecule has 2 unspecified atom stereocenters. The first-order valence-electron chi connectivity index (χ1n) is 6.92. The number of ketones is 1. The number of hydrogen-bond acceptors (Lipinski definition) is 4. The molecule has 2 rings (SSSR count). The van der Waals surface area contributed by atoms with E-state index >= 15 is 0 Å². The van der Waals surface area contributed by atoms with Gasteiger partial charge in [-0.15, -0.1) is 0 Å². The molecule has 1 aromatic rings. The third kappa shape index (κ3) is 2.80. The molecule has 5 nitrogen and oxygen atoms in total. The Balaban J connectivity index is 2.04. The number of carbonyl (C=O) groups excluding carboxylic acids is 1. The summed E-state index contributed by atoms with van der Waals surface area (Å²) in [7, 11) is 5.36. The van der Waals surface area contributed by atoms with E-state index in [1.807, 2.05) is 31.5 Å². The first kappa shape index (κ1) is 15.2. The summed E-state index contributed by atoms with van der Waals surface area (Å²) in [5.74, 6) is 0.165. The summed E-state index contributed by atoms with van der Waals surface area (Å²) in [5.41, 5.74) is 2.95. The van der Waals surface area contributed by atoms with Crippen LogP contribution in [0.15, 0.2) is 6.07 Å². The van der Waals surface area contributed by atoms with E-state index in [4.69, 9.17) is 9.47 Å². The van der Waals surface area contributed by atoms with Gasteiger partial charge in [-0.05, 0) is 19.9 Å². The van der Waals surface area contributed by atoms with Crippen molar-refractivity contribution < 1.29 is 14.3 Å². The molecule has 0 bridgehead atoms. The van der Waals surface area contributed by atoms with E-state index in [0.717, 1.165) is 30.0 Å². The van der Waals surface area contributed by atoms with Gasteiger partial charge in [0.15, 0.2) is 5.78 Å². The van der Waals surface area contributed by atoms with Gasteiger partial charge in [-0.1, -0.05) is 0 Å². The van der Waals surface area contributed by atoms with E-state index in [9.17, 15) is 4.79 Å². The number of ether oxygens (including phenoxy) is 2. The van der Waals surface area contributed by atoms with E-state index < -0.39 is 0 Å². The van der Waals surface area contributed by atoms with Gasteiger partial charge in [0, 0.05) is 51.3 Å². The molecule has 0 saturated carbocycles. The third-order valence-corrected chi connectivity index (χ3v) is 4.34. The van der Waals surface area contributed by atoms with Gasteiger partial charge < -0.3 is 14.0 Å². The molecule has 0 N–H and O–H groups in total. The maximum absolute atomic E-state index is 12.4. The van der Waals surface area contributed by atoms with Crippen LogP contribution in [-0.2, 0) is 16.5 Å². The van der Waals surface area contributed by atoms with Crippen LogP contribution in [0.4, 0.5) is 0 Å². The van der Waals surface area contributed by atoms with Crippen LogP contribution in [-0.4, -0.2) is 61.3 Å². The highest BCUT2D eigenvalue weighted by atomic mass is 16.5. The SMILES string of the molecule is COC1CN(CC(=O)c2cc(C)n(C)c2C)CC1OC. The van der Waals surface area contributed by atoms with E-state index in [2.05, 4.69) is 4.90 Å². The van der Waals surface area contributed by atoms with Crippen LogP contribution in [0.3, 0.4) is 0 Å². The summed E-state index contributed by atoms with van der Waals surface area (Å²) in [6.07, 6.45) is 0.0952. The Morgan fingerprint density at radius 1 is 1.25 bits per heavy atom. The third-order valence-electron chi connectivity index (χ3n) is 4.34. The minimum absolute atomic E-state index is 0.0476. The minimum atomic E-state index is 0.0476. The zero-order chi connectivity index (χ0) is 14.9. The Labute approximate surface area is 120 Å². The highest BCUT2D eigenvalue weighted by Gasteiger charge is 2.34. The van der Waals surface area contributed by atoms with Gasteiger partial charge in [-0.25, -0.2) is 0 Å². The van der Waals surface area contributed by atoms with E-state index in [1.54, 1.807) is 14.2 Å². The largest absolute Gasteiger partial charge is 0.377 e. The lowest BCUT2D eigenvalue weighted by atomic mass is 10.1. The van der Waals surface area contributed by atoms with E-state index in [0.29, 0.717) is 6.54 Å². The molecule has 0 aliphatic carbocycles. The molecule has 0 spiro atoms. The maximum Gasteiger partial charge on any atom is 0.178 e. The number of carbonyl (C=O) groups is 1. The van der Waals surface area contributed by atoms with Gasteiger partial charge in [-0.2, -0.15) is 0 Å². The lowest BCUT2D eigenvalue weighted by Gasteiger charge is -2.14. The highest BCUT2D eigenvalue weighted by Crippen LogP contribution is 2.18. The fourth-order valence-corrected chi connectivity index (χ4v) is 2.83. The number of aromatic nitrogens is 1. The minimum Gasteiger partial charge on any atom is -0.377 e. The summed E-state index contributed by atoms with van der Waals surface area (Å²) < 4.78 is 12.8. The van der Waals surface area contributed by atoms with Crippen molar-refractivity contribution >= 4 is 5.78 Å². The Hall–Kier alpha value is -1.17. The smallest absolute Gasteiger partial charge is 0.178 e. The standard InChI is InChI=1S/C15H24N2O3/c1-10-6-12(11(2)16(10)3)13(18)7-17-8-14(19-4)15(9-17)20-5/h6,14-15H,7-9H2,1-5H3. The Kier molecular flexibility index (Phi) is 4.62. The number of rotatable bonds is 5. The van der Waals surface area contributed by atoms with Crippen molar-refractivity contribution in [2.45, 2.75) is 26.1 Å². The van der Waals surface area contributed by atoms with Crippen molar-refractivity contribution in [3.8, 4) is 0 Å². The normalized spacial score (nSPS) is 23.4. The molecule has 5 heteroatoms. The molecule has 0 aromatic carbocycles. The average molecular weight is 280 g/mol. The highest BCUT2D eigenvalue weighted by molar-refractivity contribution is 5.99. The number of nitrogens with zero attached hydrogens (tertiary/aromatic N) is 2. The van der Waals surface area contributed by atoms with Gasteiger partial charge in [0.05, 0.1) is 18.8 Å². The van der Waals surface area contributed by atoms with Crippen molar-refractivity contribution in [1.29, 1.82) is 0 Å². The number of aryl methyl sites for hydroxylation is 1. The van der Waals surface area contributed by atoms with Crippen molar-refractivity contribution in [2.75, 3.05) is 33.9 Å². The van der Waals surface area contributed by atoms with Crippen molar-refractivity contribution in [3.63, 3.8) is 0 Å². The van der Waals surface area contributed by atoms with Gasteiger partial charge in [0.25, 0.3) is 0 Å². The number of Topliss-reactive ketones (excluding diaryl/α,β-unsaturated/α-hetero) is 1. The van der Waals surface area contributed by atoms with Crippen LogP contribution < -0.4 is 0 Å². The summed E-state index contributed by atoms with van der Waals surface area (Å²) >= 11 is 0. The van der Waals surface area contributed by atoms with Crippen LogP contribution in [0, 0.1) is 13.8 Å². The molecule has 2 heterocycles. The van der Waals surface area contributed by atoms with Crippen LogP contribution >= 0.6 is 0 Å². The van der Waals surface area contributed by atoms with E-state index in [-0.39, 0.29) is 18.0 Å². The van der Waals surface area contributed by atoms with Gasteiger partial charge in [0.1, 0.15) is 0 Å². The van der Waals surface area contributed by atoms with Crippen LogP contribution in [0.25, 0.3) is 0 Å². The molecule has 20 heavy (non-hydrogen) atoms. The molecule has 1 aliphatic rings. The van der Waals surface area contributed by atoms with Gasteiger partial charge in [0.2, 0.25) is 0 Å². The lowest BCUT2D eigenvalue weighted by molar-refractivity contribution is -0.00461. The molecule has 1 saturated heterocycles. The molecular weight excluding hydrogens is 256 g/mol. The number of methoxy groups -OCH3 is 2. The fraction of sp³-hybridized carbons (Fsp3) is 0.667. The number of hydrogen-bond donors (Lipinski definition) is 0. The molecule has 112 valence electrons. The molecular formula is C15H24N2O3. The number of likely N-dealkylation sites (tertiary alicyclic amines) is 1. The first-order valence-corrected chi connectivity index (χ1v) is 6.92. The molecule has 2 atom stereocenters. The summed E-state index contributed by atoms with van der Waals surface area (Å²) in [6, 6.07) is 1.97. The summed E-state index contributed by atoms with van der Waals surface area (Å²) in [5, 5.41) is 0. The second-order valence-corrected chi connectivity index (χ2v) is 5.51. The van der Waals surface area contributed by atoms with Crippen molar-refractivity contribution in [3.05, 3.63) is 23.0 Å². The van der Waals surface area contributed by atoms with Gasteiger partial charge >= 0.3 is 0 Å². The quantitative estimate of drug-likeness (QED) is 0.760. The van der Waals surface area contributed by atoms with E-state index in [1.165, 1.54) is 0 Å². The topological polar surface area (TPSA) is 43.7 Å². The molecule has 1 aromatic heterocycles. The summed E-state index contributed by atoms with van der Waals surface area (Å²) in [6.45, 7) is 5.91. The Morgan fingerprint density at radius 3 is 2.20 bits per heavy atom. The first-order chi connectivity index (χ1) is 9.47. The average Bonchev–Trinajstić information content (AvgIpc) is 2.94. The predicted octanol–water partition coefficient (Wildman–Crippen LogP) is 1.17. The molecule has 0 radical (unpaired) electrons. The van der Waals surface area contributed by atoms with Crippen LogP contribution in [0.1, 0.15) is 21.7 Å². The predicted molar refractivity (Wildman–Crippen MR) is 77.3 cm³/mol. The Bertz CT molecular complexity index is 484. The van der Waals surface area contributed by atoms with Crippen LogP contribution in [0.5, 0.6) is 0 Å². The maximum atomic E-state index is 12.4. The lowest BCUT2D eigenvalue weighted by Crippen LogP contribution is -2.29. The zero-order valence-electron chi connectivity index (χ0n) is 13.0. The van der Waals surface area contributed by atoms with Crippen molar-refractivity contribution in [2.24, 2.45) is 7.05 Å².